The lowest BCUT2D eigenvalue weighted by Crippen LogP contribution is -2.40. The minimum Gasteiger partial charge on any atom is -0.316 e. The van der Waals surface area contributed by atoms with Crippen molar-refractivity contribution in [1.82, 2.24) is 5.32 Å². The molecule has 0 bridgehead atoms. The molecule has 1 heterocycles. The number of hydrogen-bond acceptors (Lipinski definition) is 1. The maximum Gasteiger partial charge on any atom is -0.00177 e. The molecule has 1 heteroatoms. The van der Waals surface area contributed by atoms with Crippen LogP contribution in [0.25, 0.3) is 0 Å². The van der Waals surface area contributed by atoms with E-state index in [0.717, 1.165) is 23.7 Å². The van der Waals surface area contributed by atoms with Crippen molar-refractivity contribution in [1.29, 1.82) is 0 Å². The Morgan fingerprint density at radius 2 is 1.77 bits per heavy atom. The second kappa shape index (κ2) is 4.99. The molecule has 3 unspecified atom stereocenters. The van der Waals surface area contributed by atoms with Gasteiger partial charge in [0.05, 0.1) is 0 Å². The van der Waals surface area contributed by atoms with Crippen LogP contribution in [-0.4, -0.2) is 13.1 Å². The predicted octanol–water partition coefficient (Wildman–Crippen LogP) is 2.91. The number of piperidine rings is 1. The summed E-state index contributed by atoms with van der Waals surface area (Å²) < 4.78 is 0. The van der Waals surface area contributed by atoms with Crippen LogP contribution >= 0.6 is 0 Å². The van der Waals surface area contributed by atoms with E-state index in [9.17, 15) is 0 Å². The largest absolute Gasteiger partial charge is 0.316 e. The zero-order valence-corrected chi connectivity index (χ0v) is 9.64. The van der Waals surface area contributed by atoms with E-state index >= 15 is 0 Å². The van der Waals surface area contributed by atoms with Gasteiger partial charge in [-0.05, 0) is 43.2 Å². The SMILES string of the molecule is CCC(C)C1CNCC(C(C)C)C1. The van der Waals surface area contributed by atoms with Crippen LogP contribution in [0, 0.1) is 23.7 Å². The van der Waals surface area contributed by atoms with Crippen molar-refractivity contribution in [3.05, 3.63) is 0 Å². The minimum atomic E-state index is 0.847. The molecule has 0 aromatic carbocycles. The fraction of sp³-hybridized carbons (Fsp3) is 1.00. The lowest BCUT2D eigenvalue weighted by atomic mass is 9.77. The first kappa shape index (κ1) is 11.0. The first-order chi connectivity index (χ1) is 6.15. The molecule has 1 saturated heterocycles. The quantitative estimate of drug-likeness (QED) is 0.709. The van der Waals surface area contributed by atoms with E-state index in [4.69, 9.17) is 0 Å². The van der Waals surface area contributed by atoms with E-state index in [1.54, 1.807) is 0 Å². The van der Waals surface area contributed by atoms with Crippen molar-refractivity contribution in [3.8, 4) is 0 Å². The molecule has 1 nitrogen and oxygen atoms in total. The molecule has 0 amide bonds. The van der Waals surface area contributed by atoms with Gasteiger partial charge in [0.25, 0.3) is 0 Å². The zero-order valence-electron chi connectivity index (χ0n) is 9.64. The van der Waals surface area contributed by atoms with Crippen molar-refractivity contribution in [2.75, 3.05) is 13.1 Å². The summed E-state index contributed by atoms with van der Waals surface area (Å²) in [5, 5.41) is 3.58. The van der Waals surface area contributed by atoms with Gasteiger partial charge in [0.2, 0.25) is 0 Å². The third-order valence-corrected chi connectivity index (χ3v) is 3.81. The molecule has 1 rings (SSSR count). The summed E-state index contributed by atoms with van der Waals surface area (Å²) in [6.45, 7) is 11.9. The molecule has 0 aromatic heterocycles. The van der Waals surface area contributed by atoms with Gasteiger partial charge >= 0.3 is 0 Å². The molecule has 0 aromatic rings. The van der Waals surface area contributed by atoms with Crippen LogP contribution in [0.4, 0.5) is 0 Å². The second-order valence-electron chi connectivity index (χ2n) is 5.04. The second-order valence-corrected chi connectivity index (χ2v) is 5.04. The average molecular weight is 183 g/mol. The minimum absolute atomic E-state index is 0.847. The topological polar surface area (TPSA) is 12.0 Å². The van der Waals surface area contributed by atoms with Gasteiger partial charge in [-0.3, -0.25) is 0 Å². The van der Waals surface area contributed by atoms with Crippen LogP contribution in [0.2, 0.25) is 0 Å². The standard InChI is InChI=1S/C12H25N/c1-5-10(4)12-6-11(9(2)3)7-13-8-12/h9-13H,5-8H2,1-4H3. The Labute approximate surface area is 83.3 Å². The average Bonchev–Trinajstić information content (AvgIpc) is 2.17. The van der Waals surface area contributed by atoms with Gasteiger partial charge in [0, 0.05) is 0 Å². The Balaban J connectivity index is 2.41. The summed E-state index contributed by atoms with van der Waals surface area (Å²) >= 11 is 0. The van der Waals surface area contributed by atoms with Crippen LogP contribution in [-0.2, 0) is 0 Å². The third kappa shape index (κ3) is 2.98. The highest BCUT2D eigenvalue weighted by Gasteiger charge is 2.26. The van der Waals surface area contributed by atoms with E-state index in [1.807, 2.05) is 0 Å². The normalized spacial score (nSPS) is 32.1. The van der Waals surface area contributed by atoms with Gasteiger partial charge in [-0.2, -0.15) is 0 Å². The number of rotatable bonds is 3. The van der Waals surface area contributed by atoms with Gasteiger partial charge < -0.3 is 5.32 Å². The molecule has 13 heavy (non-hydrogen) atoms. The van der Waals surface area contributed by atoms with Crippen LogP contribution in [0.15, 0.2) is 0 Å². The van der Waals surface area contributed by atoms with Crippen molar-refractivity contribution in [2.24, 2.45) is 23.7 Å². The van der Waals surface area contributed by atoms with E-state index < -0.39 is 0 Å². The Hall–Kier alpha value is -0.0400. The maximum absolute atomic E-state index is 3.58. The molecule has 0 radical (unpaired) electrons. The monoisotopic (exact) mass is 183 g/mol. The molecule has 78 valence electrons. The molecular weight excluding hydrogens is 158 g/mol. The van der Waals surface area contributed by atoms with E-state index in [0.29, 0.717) is 0 Å². The zero-order chi connectivity index (χ0) is 9.84. The first-order valence-electron chi connectivity index (χ1n) is 5.85. The van der Waals surface area contributed by atoms with Crippen LogP contribution < -0.4 is 5.32 Å². The Bertz CT molecular complexity index is 142. The number of hydrogen-bond donors (Lipinski definition) is 1. The van der Waals surface area contributed by atoms with E-state index in [2.05, 4.69) is 33.0 Å². The first-order valence-corrected chi connectivity index (χ1v) is 5.85. The summed E-state index contributed by atoms with van der Waals surface area (Å²) in [6.07, 6.45) is 2.77. The fourth-order valence-electron chi connectivity index (χ4n) is 2.28. The Kier molecular flexibility index (Phi) is 4.24. The lowest BCUT2D eigenvalue weighted by Gasteiger charge is -2.35. The molecule has 1 aliphatic rings. The summed E-state index contributed by atoms with van der Waals surface area (Å²) in [4.78, 5) is 0. The summed E-state index contributed by atoms with van der Waals surface area (Å²) in [5.41, 5.74) is 0. The molecule has 0 saturated carbocycles. The molecule has 1 aliphatic heterocycles. The van der Waals surface area contributed by atoms with E-state index in [-0.39, 0.29) is 0 Å². The Morgan fingerprint density at radius 1 is 1.15 bits per heavy atom. The summed E-state index contributed by atoms with van der Waals surface area (Å²) in [5.74, 6) is 3.58. The Morgan fingerprint density at radius 3 is 2.31 bits per heavy atom. The molecule has 1 fully saturated rings. The molecular formula is C12H25N. The van der Waals surface area contributed by atoms with E-state index in [1.165, 1.54) is 25.9 Å². The smallest absolute Gasteiger partial charge is 0.00177 e. The highest BCUT2D eigenvalue weighted by atomic mass is 14.9. The van der Waals surface area contributed by atoms with Gasteiger partial charge in [-0.15, -0.1) is 0 Å². The van der Waals surface area contributed by atoms with Crippen molar-refractivity contribution in [3.63, 3.8) is 0 Å². The maximum atomic E-state index is 3.58. The van der Waals surface area contributed by atoms with Gasteiger partial charge in [0.1, 0.15) is 0 Å². The lowest BCUT2D eigenvalue weighted by molar-refractivity contribution is 0.184. The molecule has 0 spiro atoms. The van der Waals surface area contributed by atoms with Crippen molar-refractivity contribution in [2.45, 2.75) is 40.5 Å². The van der Waals surface area contributed by atoms with Crippen LogP contribution in [0.3, 0.4) is 0 Å². The molecule has 1 N–H and O–H groups in total. The molecule has 3 atom stereocenters. The summed E-state index contributed by atoms with van der Waals surface area (Å²) in [6, 6.07) is 0. The van der Waals surface area contributed by atoms with Gasteiger partial charge in [-0.1, -0.05) is 34.1 Å². The van der Waals surface area contributed by atoms with Crippen LogP contribution in [0.5, 0.6) is 0 Å². The number of nitrogens with one attached hydrogen (secondary N) is 1. The van der Waals surface area contributed by atoms with Crippen LogP contribution in [0.1, 0.15) is 40.5 Å². The van der Waals surface area contributed by atoms with Gasteiger partial charge in [0.15, 0.2) is 0 Å². The predicted molar refractivity (Wildman–Crippen MR) is 58.8 cm³/mol. The molecule has 0 aliphatic carbocycles. The third-order valence-electron chi connectivity index (χ3n) is 3.81. The highest BCUT2D eigenvalue weighted by Crippen LogP contribution is 2.29. The fourth-order valence-corrected chi connectivity index (χ4v) is 2.28. The van der Waals surface area contributed by atoms with Crippen molar-refractivity contribution < 1.29 is 0 Å². The highest BCUT2D eigenvalue weighted by molar-refractivity contribution is 4.80. The van der Waals surface area contributed by atoms with Gasteiger partial charge in [-0.25, -0.2) is 0 Å². The van der Waals surface area contributed by atoms with Crippen molar-refractivity contribution >= 4 is 0 Å². The summed E-state index contributed by atoms with van der Waals surface area (Å²) in [7, 11) is 0.